The Hall–Kier alpha value is -3.73. The molecule has 5 fully saturated rings. The summed E-state index contributed by atoms with van der Waals surface area (Å²) in [5.74, 6) is 0.456. The minimum atomic E-state index is -3.48. The lowest BCUT2D eigenvalue weighted by Gasteiger charge is -2.59. The van der Waals surface area contributed by atoms with Crippen LogP contribution in [0.25, 0.3) is 0 Å². The van der Waals surface area contributed by atoms with Crippen molar-refractivity contribution in [1.82, 2.24) is 38.5 Å². The van der Waals surface area contributed by atoms with Crippen LogP contribution in [0.15, 0.2) is 37.2 Å². The minimum absolute atomic E-state index is 0.0885. The standard InChI is InChI=1S/C37H52FN9O5S/c1-6-32(48)43-21-37(22-43)23-46(24-37)53(50,51)45-13-9-28(10-14-45)18-42-15-11-36(12-16-42)19-44(20-36)33-34(41-40-25-39-33)52-31-8-7-29(38)17-30(31)35(49)47(26(2)3)27(4)5/h6-8,17,25-28H,1,9-16,18-24H2,2-5H3. The number of hydrogen-bond acceptors (Lipinski definition) is 10. The van der Waals surface area contributed by atoms with Crippen molar-refractivity contribution in [3.05, 3.63) is 48.6 Å². The SMILES string of the molecule is C=CC(=O)N1CC2(C1)CN(S(=O)(=O)N1CCC(CN3CCC4(CC3)CN(c3ncnnc3Oc3ccc(F)cc3C(=O)N(C(C)C)C(C)C)C4)CC1)C2. The highest BCUT2D eigenvalue weighted by molar-refractivity contribution is 7.86. The summed E-state index contributed by atoms with van der Waals surface area (Å²) in [4.78, 5) is 38.0. The Morgan fingerprint density at radius 3 is 2.26 bits per heavy atom. The molecule has 1 aromatic heterocycles. The smallest absolute Gasteiger partial charge is 0.282 e. The number of likely N-dealkylation sites (tertiary alicyclic amines) is 2. The Balaban J connectivity index is 0.883. The van der Waals surface area contributed by atoms with Gasteiger partial charge in [0.2, 0.25) is 5.91 Å². The fraction of sp³-hybridized carbons (Fsp3) is 0.649. The molecule has 2 aromatic rings. The van der Waals surface area contributed by atoms with Crippen molar-refractivity contribution < 1.29 is 27.1 Å². The highest BCUT2D eigenvalue weighted by Crippen LogP contribution is 2.45. The number of anilines is 1. The Labute approximate surface area is 312 Å². The number of amides is 2. The lowest BCUT2D eigenvalue weighted by Crippen LogP contribution is -2.74. The second kappa shape index (κ2) is 14.5. The molecule has 0 aliphatic carbocycles. The predicted octanol–water partition coefficient (Wildman–Crippen LogP) is 3.25. The zero-order chi connectivity index (χ0) is 37.7. The van der Waals surface area contributed by atoms with Crippen molar-refractivity contribution in [3.63, 3.8) is 0 Å². The van der Waals surface area contributed by atoms with E-state index in [1.165, 1.54) is 30.6 Å². The molecule has 5 saturated heterocycles. The van der Waals surface area contributed by atoms with Crippen molar-refractivity contribution in [2.24, 2.45) is 16.7 Å². The average Bonchev–Trinajstić information content (AvgIpc) is 3.07. The number of benzene rings is 1. The van der Waals surface area contributed by atoms with Gasteiger partial charge in [-0.25, -0.2) is 9.37 Å². The third kappa shape index (κ3) is 7.39. The molecular weight excluding hydrogens is 702 g/mol. The Bertz CT molecular complexity index is 1800. The number of rotatable bonds is 11. The third-order valence-corrected chi connectivity index (χ3v) is 13.8. The summed E-state index contributed by atoms with van der Waals surface area (Å²) in [6, 6.07) is 3.75. The molecule has 0 bridgehead atoms. The quantitative estimate of drug-likeness (QED) is 0.315. The van der Waals surface area contributed by atoms with Crippen molar-refractivity contribution >= 4 is 27.8 Å². The molecule has 0 saturated carbocycles. The van der Waals surface area contributed by atoms with E-state index in [1.54, 1.807) is 18.4 Å². The molecule has 0 unspecified atom stereocenters. The summed E-state index contributed by atoms with van der Waals surface area (Å²) >= 11 is 0. The molecule has 2 spiro atoms. The summed E-state index contributed by atoms with van der Waals surface area (Å²) in [6.07, 6.45) is 6.51. The van der Waals surface area contributed by atoms with E-state index in [0.29, 0.717) is 51.0 Å². The lowest BCUT2D eigenvalue weighted by atomic mass is 9.72. The molecule has 1 aromatic carbocycles. The van der Waals surface area contributed by atoms with Gasteiger partial charge in [0.15, 0.2) is 5.82 Å². The summed E-state index contributed by atoms with van der Waals surface area (Å²) in [5, 5.41) is 8.17. The van der Waals surface area contributed by atoms with Crippen molar-refractivity contribution in [3.8, 4) is 11.6 Å². The van der Waals surface area contributed by atoms with Crippen LogP contribution >= 0.6 is 0 Å². The van der Waals surface area contributed by atoms with E-state index in [9.17, 15) is 22.4 Å². The molecule has 5 aliphatic rings. The monoisotopic (exact) mass is 753 g/mol. The molecule has 0 radical (unpaired) electrons. The van der Waals surface area contributed by atoms with Gasteiger partial charge in [0.1, 0.15) is 17.9 Å². The first kappa shape index (κ1) is 37.6. The molecule has 53 heavy (non-hydrogen) atoms. The second-order valence-electron chi connectivity index (χ2n) is 16.4. The van der Waals surface area contributed by atoms with Crippen LogP contribution in [0.3, 0.4) is 0 Å². The highest BCUT2D eigenvalue weighted by atomic mass is 32.2. The van der Waals surface area contributed by atoms with Crippen LogP contribution in [0.5, 0.6) is 11.6 Å². The molecule has 0 atom stereocenters. The number of halogens is 1. The lowest BCUT2D eigenvalue weighted by molar-refractivity contribution is -0.146. The highest BCUT2D eigenvalue weighted by Gasteiger charge is 2.57. The fourth-order valence-electron chi connectivity index (χ4n) is 9.01. The maximum Gasteiger partial charge on any atom is 0.282 e. The summed E-state index contributed by atoms with van der Waals surface area (Å²) in [5.41, 5.74) is 0.193. The van der Waals surface area contributed by atoms with Crippen LogP contribution in [-0.2, 0) is 15.0 Å². The maximum absolute atomic E-state index is 14.4. The normalized spacial score (nSPS) is 22.1. The molecule has 2 amide bonds. The van der Waals surface area contributed by atoms with E-state index >= 15 is 0 Å². The number of carbonyl (C=O) groups excluding carboxylic acids is 2. The molecule has 14 nitrogen and oxygen atoms in total. The number of carbonyl (C=O) groups is 2. The Morgan fingerprint density at radius 2 is 1.64 bits per heavy atom. The second-order valence-corrected chi connectivity index (χ2v) is 18.3. The van der Waals surface area contributed by atoms with Gasteiger partial charge in [0.25, 0.3) is 22.0 Å². The van der Waals surface area contributed by atoms with Crippen LogP contribution in [0.1, 0.15) is 63.7 Å². The van der Waals surface area contributed by atoms with Crippen molar-refractivity contribution in [2.75, 3.05) is 76.9 Å². The van der Waals surface area contributed by atoms with Crippen molar-refractivity contribution in [1.29, 1.82) is 0 Å². The van der Waals surface area contributed by atoms with Crippen molar-refractivity contribution in [2.45, 2.75) is 65.5 Å². The van der Waals surface area contributed by atoms with E-state index < -0.39 is 16.0 Å². The van der Waals surface area contributed by atoms with Gasteiger partial charge in [-0.3, -0.25) is 9.59 Å². The number of piperidine rings is 2. The summed E-state index contributed by atoms with van der Waals surface area (Å²) in [6.45, 7) is 19.1. The van der Waals surface area contributed by atoms with Gasteiger partial charge in [0.05, 0.1) is 5.56 Å². The van der Waals surface area contributed by atoms with Gasteiger partial charge in [-0.1, -0.05) is 6.58 Å². The first-order chi connectivity index (χ1) is 25.2. The van der Waals surface area contributed by atoms with E-state index in [4.69, 9.17) is 4.74 Å². The molecule has 6 heterocycles. The van der Waals surface area contributed by atoms with Gasteiger partial charge in [0, 0.05) is 81.8 Å². The van der Waals surface area contributed by atoms with Gasteiger partial charge in [-0.15, -0.1) is 10.2 Å². The fourth-order valence-corrected chi connectivity index (χ4v) is 10.9. The Kier molecular flexibility index (Phi) is 10.3. The number of ether oxygens (including phenoxy) is 1. The first-order valence-corrected chi connectivity index (χ1v) is 20.2. The van der Waals surface area contributed by atoms with Crippen LogP contribution in [0.2, 0.25) is 0 Å². The largest absolute Gasteiger partial charge is 0.434 e. The Morgan fingerprint density at radius 1 is 0.981 bits per heavy atom. The number of aromatic nitrogens is 3. The zero-order valence-corrected chi connectivity index (χ0v) is 32.1. The van der Waals surface area contributed by atoms with Crippen LogP contribution in [0.4, 0.5) is 10.2 Å². The molecule has 0 N–H and O–H groups in total. The number of nitrogens with zero attached hydrogens (tertiary/aromatic N) is 9. The molecule has 288 valence electrons. The topological polar surface area (TPSA) is 136 Å². The average molecular weight is 754 g/mol. The third-order valence-electron chi connectivity index (χ3n) is 11.9. The maximum atomic E-state index is 14.4. The van der Waals surface area contributed by atoms with Crippen LogP contribution < -0.4 is 9.64 Å². The molecule has 5 aliphatic heterocycles. The molecule has 7 rings (SSSR count). The minimum Gasteiger partial charge on any atom is -0.434 e. The zero-order valence-electron chi connectivity index (χ0n) is 31.3. The van der Waals surface area contributed by atoms with E-state index in [-0.39, 0.29) is 51.9 Å². The summed E-state index contributed by atoms with van der Waals surface area (Å²) in [7, 11) is -3.48. The first-order valence-electron chi connectivity index (χ1n) is 18.8. The molecule has 16 heteroatoms. The van der Waals surface area contributed by atoms with Gasteiger partial charge in [-0.05, 0) is 96.7 Å². The summed E-state index contributed by atoms with van der Waals surface area (Å²) < 4.78 is 50.5. The van der Waals surface area contributed by atoms with E-state index in [0.717, 1.165) is 58.4 Å². The van der Waals surface area contributed by atoms with E-state index in [2.05, 4.69) is 31.6 Å². The number of hydrogen-bond donors (Lipinski definition) is 0. The predicted molar refractivity (Wildman–Crippen MR) is 197 cm³/mol. The molecular formula is C37H52FN9O5S. The van der Waals surface area contributed by atoms with E-state index in [1.807, 2.05) is 27.7 Å². The van der Waals surface area contributed by atoms with Gasteiger partial charge < -0.3 is 24.3 Å². The van der Waals surface area contributed by atoms with Gasteiger partial charge in [-0.2, -0.15) is 17.0 Å². The van der Waals surface area contributed by atoms with Crippen LogP contribution in [-0.4, -0.2) is 143 Å². The van der Waals surface area contributed by atoms with Crippen LogP contribution in [0, 0.1) is 22.6 Å². The van der Waals surface area contributed by atoms with Gasteiger partial charge >= 0.3 is 0 Å².